The molecule has 0 aliphatic carbocycles. The number of para-hydroxylation sites is 1. The second-order valence-corrected chi connectivity index (χ2v) is 5.69. The zero-order chi connectivity index (χ0) is 19.2. The summed E-state index contributed by atoms with van der Waals surface area (Å²) in [7, 11) is 0. The highest BCUT2D eigenvalue weighted by atomic mass is 19.3. The van der Waals surface area contributed by atoms with E-state index in [1.54, 1.807) is 0 Å². The van der Waals surface area contributed by atoms with Gasteiger partial charge in [0.05, 0.1) is 12.0 Å². The third-order valence-electron chi connectivity index (χ3n) is 3.89. The Morgan fingerprint density at radius 2 is 1.59 bits per heavy atom. The van der Waals surface area contributed by atoms with Crippen LogP contribution in [0, 0.1) is 0 Å². The van der Waals surface area contributed by atoms with Gasteiger partial charge in [0, 0.05) is 0 Å². The Morgan fingerprint density at radius 3 is 2.41 bits per heavy atom. The van der Waals surface area contributed by atoms with Crippen molar-refractivity contribution in [2.24, 2.45) is 0 Å². The van der Waals surface area contributed by atoms with Crippen molar-refractivity contribution < 1.29 is 23.1 Å². The molecule has 2 amide bonds. The Labute approximate surface area is 153 Å². The van der Waals surface area contributed by atoms with Crippen LogP contribution < -0.4 is 15.6 Å². The molecule has 0 saturated carbocycles. The Kier molecular flexibility index (Phi) is 5.61. The standard InChI is InChI=1S/C20H16F2N2O3/c21-20(22)27-17-11-4-3-10-16(17)19(26)24-23-18(25)12-14-8-5-7-13-6-1-2-9-15(13)14/h1-11,20H,12H2,(H,23,25)(H,24,26). The van der Waals surface area contributed by atoms with Gasteiger partial charge in [-0.15, -0.1) is 0 Å². The number of carbonyl (C=O) groups is 2. The third-order valence-corrected chi connectivity index (χ3v) is 3.89. The second kappa shape index (κ2) is 8.27. The van der Waals surface area contributed by atoms with E-state index in [-0.39, 0.29) is 17.7 Å². The Hall–Kier alpha value is -3.48. The summed E-state index contributed by atoms with van der Waals surface area (Å²) < 4.78 is 29.2. The molecule has 0 bridgehead atoms. The molecule has 138 valence electrons. The summed E-state index contributed by atoms with van der Waals surface area (Å²) in [5, 5.41) is 1.95. The van der Waals surface area contributed by atoms with Crippen molar-refractivity contribution in [2.45, 2.75) is 13.0 Å². The van der Waals surface area contributed by atoms with Gasteiger partial charge in [-0.1, -0.05) is 54.6 Å². The van der Waals surface area contributed by atoms with E-state index in [1.165, 1.54) is 24.3 Å². The lowest BCUT2D eigenvalue weighted by molar-refractivity contribution is -0.121. The molecular weight excluding hydrogens is 354 g/mol. The Bertz CT molecular complexity index is 971. The summed E-state index contributed by atoms with van der Waals surface area (Å²) in [5.74, 6) is -1.46. The predicted molar refractivity (Wildman–Crippen MR) is 96.3 cm³/mol. The molecule has 27 heavy (non-hydrogen) atoms. The van der Waals surface area contributed by atoms with Crippen LogP contribution in [0.2, 0.25) is 0 Å². The normalized spacial score (nSPS) is 10.6. The van der Waals surface area contributed by atoms with Gasteiger partial charge < -0.3 is 4.74 Å². The number of halogens is 2. The van der Waals surface area contributed by atoms with Gasteiger partial charge in [-0.2, -0.15) is 8.78 Å². The molecule has 5 nitrogen and oxygen atoms in total. The van der Waals surface area contributed by atoms with Gasteiger partial charge in [0.2, 0.25) is 5.91 Å². The van der Waals surface area contributed by atoms with E-state index in [1.807, 2.05) is 42.5 Å². The van der Waals surface area contributed by atoms with Crippen molar-refractivity contribution in [1.82, 2.24) is 10.9 Å². The summed E-state index contributed by atoms with van der Waals surface area (Å²) in [5.41, 5.74) is 5.21. The smallest absolute Gasteiger partial charge is 0.387 e. The first-order valence-electron chi connectivity index (χ1n) is 8.14. The van der Waals surface area contributed by atoms with Gasteiger partial charge in [0.25, 0.3) is 5.91 Å². The Morgan fingerprint density at radius 1 is 0.889 bits per heavy atom. The first-order chi connectivity index (χ1) is 13.0. The van der Waals surface area contributed by atoms with E-state index < -0.39 is 18.4 Å². The molecule has 0 radical (unpaired) electrons. The average molecular weight is 370 g/mol. The monoisotopic (exact) mass is 370 g/mol. The molecule has 7 heteroatoms. The molecule has 0 atom stereocenters. The molecule has 0 aliphatic heterocycles. The van der Waals surface area contributed by atoms with Crippen LogP contribution in [-0.2, 0) is 11.2 Å². The van der Waals surface area contributed by atoms with Gasteiger partial charge >= 0.3 is 6.61 Å². The number of alkyl halides is 2. The van der Waals surface area contributed by atoms with E-state index in [2.05, 4.69) is 15.6 Å². The van der Waals surface area contributed by atoms with E-state index in [4.69, 9.17) is 0 Å². The number of hydrazine groups is 1. The van der Waals surface area contributed by atoms with Crippen LogP contribution in [0.5, 0.6) is 5.75 Å². The van der Waals surface area contributed by atoms with Crippen molar-refractivity contribution in [3.8, 4) is 5.75 Å². The third kappa shape index (κ3) is 4.58. The zero-order valence-electron chi connectivity index (χ0n) is 14.1. The number of hydrogen-bond donors (Lipinski definition) is 2. The lowest BCUT2D eigenvalue weighted by atomic mass is 10.0. The molecule has 0 fully saturated rings. The minimum Gasteiger partial charge on any atom is -0.434 e. The molecule has 0 saturated heterocycles. The van der Waals surface area contributed by atoms with Crippen molar-refractivity contribution in [3.63, 3.8) is 0 Å². The number of hydrogen-bond acceptors (Lipinski definition) is 3. The topological polar surface area (TPSA) is 67.4 Å². The van der Waals surface area contributed by atoms with Crippen LogP contribution in [0.4, 0.5) is 8.78 Å². The van der Waals surface area contributed by atoms with Crippen LogP contribution in [0.15, 0.2) is 66.7 Å². The number of carbonyl (C=O) groups excluding carboxylic acids is 2. The molecule has 3 aromatic carbocycles. The second-order valence-electron chi connectivity index (χ2n) is 5.69. The van der Waals surface area contributed by atoms with Crippen LogP contribution >= 0.6 is 0 Å². The average Bonchev–Trinajstić information content (AvgIpc) is 2.66. The first-order valence-corrected chi connectivity index (χ1v) is 8.14. The van der Waals surface area contributed by atoms with Gasteiger partial charge in [-0.05, 0) is 28.5 Å². The number of nitrogens with one attached hydrogen (secondary N) is 2. The largest absolute Gasteiger partial charge is 0.434 e. The summed E-state index contributed by atoms with van der Waals surface area (Å²) in [4.78, 5) is 24.3. The van der Waals surface area contributed by atoms with Gasteiger partial charge in [-0.3, -0.25) is 20.4 Å². The SMILES string of the molecule is O=C(Cc1cccc2ccccc12)NNC(=O)c1ccccc1OC(F)F. The molecule has 0 unspecified atom stereocenters. The van der Waals surface area contributed by atoms with Gasteiger partial charge in [0.1, 0.15) is 5.75 Å². The lowest BCUT2D eigenvalue weighted by Gasteiger charge is -2.12. The maximum Gasteiger partial charge on any atom is 0.387 e. The summed E-state index contributed by atoms with van der Waals surface area (Å²) in [6.07, 6.45) is 0.0524. The van der Waals surface area contributed by atoms with Crippen LogP contribution in [0.25, 0.3) is 10.8 Å². The van der Waals surface area contributed by atoms with Crippen molar-refractivity contribution in [1.29, 1.82) is 0 Å². The minimum absolute atomic E-state index is 0.0524. The zero-order valence-corrected chi connectivity index (χ0v) is 14.1. The lowest BCUT2D eigenvalue weighted by Crippen LogP contribution is -2.42. The molecule has 0 aromatic heterocycles. The van der Waals surface area contributed by atoms with Crippen molar-refractivity contribution in [2.75, 3.05) is 0 Å². The van der Waals surface area contributed by atoms with E-state index in [9.17, 15) is 18.4 Å². The van der Waals surface area contributed by atoms with E-state index in [0.29, 0.717) is 0 Å². The predicted octanol–water partition coefficient (Wildman–Crippen LogP) is 3.44. The molecule has 0 spiro atoms. The maximum atomic E-state index is 12.4. The van der Waals surface area contributed by atoms with E-state index in [0.717, 1.165) is 16.3 Å². The number of amides is 2. The fraction of sp³-hybridized carbons (Fsp3) is 0.100. The summed E-state index contributed by atoms with van der Waals surface area (Å²) in [6, 6.07) is 18.8. The molecule has 3 rings (SSSR count). The first kappa shape index (κ1) is 18.3. The number of benzene rings is 3. The summed E-state index contributed by atoms with van der Waals surface area (Å²) >= 11 is 0. The molecule has 0 aliphatic rings. The highest BCUT2D eigenvalue weighted by Crippen LogP contribution is 2.20. The fourth-order valence-corrected chi connectivity index (χ4v) is 2.71. The van der Waals surface area contributed by atoms with Crippen molar-refractivity contribution >= 4 is 22.6 Å². The molecule has 0 heterocycles. The van der Waals surface area contributed by atoms with Crippen LogP contribution in [-0.4, -0.2) is 18.4 Å². The Balaban J connectivity index is 1.65. The van der Waals surface area contributed by atoms with E-state index >= 15 is 0 Å². The quantitative estimate of drug-likeness (QED) is 0.676. The maximum absolute atomic E-state index is 12.4. The molecular formula is C20H16F2N2O3. The number of rotatable bonds is 5. The summed E-state index contributed by atoms with van der Waals surface area (Å²) in [6.45, 7) is -3.06. The van der Waals surface area contributed by atoms with Crippen LogP contribution in [0.3, 0.4) is 0 Å². The minimum atomic E-state index is -3.06. The molecule has 3 aromatic rings. The van der Waals surface area contributed by atoms with Gasteiger partial charge in [0.15, 0.2) is 0 Å². The van der Waals surface area contributed by atoms with Crippen molar-refractivity contribution in [3.05, 3.63) is 77.9 Å². The fourth-order valence-electron chi connectivity index (χ4n) is 2.71. The highest BCUT2D eigenvalue weighted by molar-refractivity contribution is 5.98. The number of fused-ring (bicyclic) bond motifs is 1. The van der Waals surface area contributed by atoms with Gasteiger partial charge in [-0.25, -0.2) is 0 Å². The highest BCUT2D eigenvalue weighted by Gasteiger charge is 2.16. The number of ether oxygens (including phenoxy) is 1. The molecule has 2 N–H and O–H groups in total. The van der Waals surface area contributed by atoms with Crippen LogP contribution in [0.1, 0.15) is 15.9 Å².